The van der Waals surface area contributed by atoms with Gasteiger partial charge in [-0.2, -0.15) is 0 Å². The van der Waals surface area contributed by atoms with Crippen LogP contribution in [0.2, 0.25) is 0 Å². The predicted molar refractivity (Wildman–Crippen MR) is 116 cm³/mol. The van der Waals surface area contributed by atoms with Crippen LogP contribution in [0.5, 0.6) is 0 Å². The first kappa shape index (κ1) is 22.2. The number of carbonyl (C=O) groups excluding carboxylic acids is 2. The Labute approximate surface area is 173 Å². The summed E-state index contributed by atoms with van der Waals surface area (Å²) in [5, 5.41) is 2.03. The molecule has 0 spiro atoms. The molecule has 1 atom stereocenters. The summed E-state index contributed by atoms with van der Waals surface area (Å²) >= 11 is 1.65. The Morgan fingerprint density at radius 3 is 2.36 bits per heavy atom. The van der Waals surface area contributed by atoms with Crippen LogP contribution in [-0.4, -0.2) is 34.2 Å². The van der Waals surface area contributed by atoms with Gasteiger partial charge in [-0.1, -0.05) is 56.7 Å². The Hall–Kier alpha value is -2.14. The molecule has 0 aliphatic carbocycles. The standard InChI is InChI=1S/C23H32N2O2S/c1-4-6-14-22(26)25(19(3)5-2)18-23(27)24(17-21-13-10-15-28-21)16-20-11-8-7-9-12-20/h7-13,15,19H,4-6,14,16-18H2,1-3H3/t19-/m1/s1. The fourth-order valence-electron chi connectivity index (χ4n) is 3.05. The highest BCUT2D eigenvalue weighted by Gasteiger charge is 2.24. The fraction of sp³-hybridized carbons (Fsp3) is 0.478. The highest BCUT2D eigenvalue weighted by atomic mass is 32.1. The highest BCUT2D eigenvalue weighted by Crippen LogP contribution is 2.16. The van der Waals surface area contributed by atoms with E-state index in [0.717, 1.165) is 29.7 Å². The van der Waals surface area contributed by atoms with Gasteiger partial charge in [0.2, 0.25) is 11.8 Å². The van der Waals surface area contributed by atoms with Gasteiger partial charge in [0.1, 0.15) is 6.54 Å². The zero-order valence-corrected chi connectivity index (χ0v) is 18.1. The first-order chi connectivity index (χ1) is 13.5. The van der Waals surface area contributed by atoms with E-state index >= 15 is 0 Å². The minimum atomic E-state index is 0.00222. The Morgan fingerprint density at radius 1 is 1.00 bits per heavy atom. The van der Waals surface area contributed by atoms with Gasteiger partial charge in [-0.3, -0.25) is 9.59 Å². The number of hydrogen-bond donors (Lipinski definition) is 0. The van der Waals surface area contributed by atoms with E-state index in [1.807, 2.05) is 53.6 Å². The summed E-state index contributed by atoms with van der Waals surface area (Å²) in [6, 6.07) is 14.1. The molecule has 5 heteroatoms. The van der Waals surface area contributed by atoms with Crippen molar-refractivity contribution >= 4 is 23.2 Å². The molecule has 28 heavy (non-hydrogen) atoms. The minimum absolute atomic E-state index is 0.00222. The molecule has 1 heterocycles. The van der Waals surface area contributed by atoms with Crippen molar-refractivity contribution < 1.29 is 9.59 Å². The maximum Gasteiger partial charge on any atom is 0.242 e. The molecule has 0 N–H and O–H groups in total. The van der Waals surface area contributed by atoms with Gasteiger partial charge in [-0.25, -0.2) is 0 Å². The average Bonchev–Trinajstić information content (AvgIpc) is 3.23. The molecule has 1 aromatic heterocycles. The van der Waals surface area contributed by atoms with Crippen LogP contribution < -0.4 is 0 Å². The van der Waals surface area contributed by atoms with Crippen molar-refractivity contribution in [3.8, 4) is 0 Å². The second-order valence-electron chi connectivity index (χ2n) is 7.20. The molecule has 0 aliphatic heterocycles. The van der Waals surface area contributed by atoms with Crippen LogP contribution >= 0.6 is 11.3 Å². The average molecular weight is 401 g/mol. The number of carbonyl (C=O) groups is 2. The maximum atomic E-state index is 13.2. The van der Waals surface area contributed by atoms with Crippen molar-refractivity contribution in [3.05, 3.63) is 58.3 Å². The van der Waals surface area contributed by atoms with E-state index in [4.69, 9.17) is 0 Å². The third-order valence-corrected chi connectivity index (χ3v) is 5.85. The smallest absolute Gasteiger partial charge is 0.242 e. The van der Waals surface area contributed by atoms with Crippen molar-refractivity contribution in [2.75, 3.05) is 6.54 Å². The number of hydrogen-bond acceptors (Lipinski definition) is 3. The lowest BCUT2D eigenvalue weighted by Gasteiger charge is -2.31. The lowest BCUT2D eigenvalue weighted by Crippen LogP contribution is -2.46. The number of benzene rings is 1. The summed E-state index contributed by atoms with van der Waals surface area (Å²) in [4.78, 5) is 30.7. The van der Waals surface area contributed by atoms with Crippen LogP contribution in [0.1, 0.15) is 56.9 Å². The Bertz CT molecular complexity index is 715. The van der Waals surface area contributed by atoms with Crippen molar-refractivity contribution in [1.82, 2.24) is 9.80 Å². The van der Waals surface area contributed by atoms with E-state index in [0.29, 0.717) is 19.5 Å². The van der Waals surface area contributed by atoms with Crippen LogP contribution in [0.25, 0.3) is 0 Å². The first-order valence-electron chi connectivity index (χ1n) is 10.2. The highest BCUT2D eigenvalue weighted by molar-refractivity contribution is 7.09. The number of unbranched alkanes of at least 4 members (excludes halogenated alkanes) is 1. The number of rotatable bonds is 11. The lowest BCUT2D eigenvalue weighted by molar-refractivity contribution is -0.143. The van der Waals surface area contributed by atoms with Crippen LogP contribution in [0.4, 0.5) is 0 Å². The number of amides is 2. The van der Waals surface area contributed by atoms with E-state index in [1.165, 1.54) is 0 Å². The molecule has 2 rings (SSSR count). The van der Waals surface area contributed by atoms with Gasteiger partial charge in [0.05, 0.1) is 6.54 Å². The van der Waals surface area contributed by atoms with Gasteiger partial charge in [-0.15, -0.1) is 11.3 Å². The van der Waals surface area contributed by atoms with Crippen LogP contribution in [0.15, 0.2) is 47.8 Å². The van der Waals surface area contributed by atoms with Crippen molar-refractivity contribution in [3.63, 3.8) is 0 Å². The molecule has 0 radical (unpaired) electrons. The molecule has 1 aromatic carbocycles. The molecule has 2 aromatic rings. The van der Waals surface area contributed by atoms with Gasteiger partial charge >= 0.3 is 0 Å². The summed E-state index contributed by atoms with van der Waals surface area (Å²) in [6.07, 6.45) is 3.20. The van der Waals surface area contributed by atoms with Gasteiger partial charge < -0.3 is 9.80 Å². The van der Waals surface area contributed by atoms with Crippen molar-refractivity contribution in [2.45, 2.75) is 65.6 Å². The normalized spacial score (nSPS) is 11.8. The predicted octanol–water partition coefficient (Wildman–Crippen LogP) is 5.09. The van der Waals surface area contributed by atoms with Crippen LogP contribution in [-0.2, 0) is 22.7 Å². The van der Waals surface area contributed by atoms with Gasteiger partial charge in [0.25, 0.3) is 0 Å². The fourth-order valence-corrected chi connectivity index (χ4v) is 3.77. The Morgan fingerprint density at radius 2 is 1.75 bits per heavy atom. The summed E-state index contributed by atoms with van der Waals surface area (Å²) in [5.74, 6) is 0.0859. The molecule has 0 fully saturated rings. The minimum Gasteiger partial charge on any atom is -0.332 e. The monoisotopic (exact) mass is 400 g/mol. The topological polar surface area (TPSA) is 40.6 Å². The van der Waals surface area contributed by atoms with E-state index in [9.17, 15) is 9.59 Å². The summed E-state index contributed by atoms with van der Waals surface area (Å²) in [6.45, 7) is 7.43. The van der Waals surface area contributed by atoms with Crippen molar-refractivity contribution in [2.24, 2.45) is 0 Å². The van der Waals surface area contributed by atoms with E-state index in [2.05, 4.69) is 19.9 Å². The molecular weight excluding hydrogens is 368 g/mol. The van der Waals surface area contributed by atoms with Crippen LogP contribution in [0, 0.1) is 0 Å². The molecule has 0 unspecified atom stereocenters. The molecule has 0 saturated carbocycles. The first-order valence-corrected chi connectivity index (χ1v) is 11.1. The largest absolute Gasteiger partial charge is 0.332 e. The van der Waals surface area contributed by atoms with Gasteiger partial charge in [-0.05, 0) is 36.8 Å². The molecule has 152 valence electrons. The molecule has 4 nitrogen and oxygen atoms in total. The molecule has 0 bridgehead atoms. The Balaban J connectivity index is 2.14. The maximum absolute atomic E-state index is 13.2. The van der Waals surface area contributed by atoms with Gasteiger partial charge in [0.15, 0.2) is 0 Å². The van der Waals surface area contributed by atoms with E-state index in [-0.39, 0.29) is 24.4 Å². The third kappa shape index (κ3) is 6.79. The lowest BCUT2D eigenvalue weighted by atomic mass is 10.1. The Kier molecular flexibility index (Phi) is 9.21. The SMILES string of the molecule is CCCCC(=O)N(CC(=O)N(Cc1ccccc1)Cc1cccs1)[C@H](C)CC. The molecule has 2 amide bonds. The van der Waals surface area contributed by atoms with Gasteiger partial charge in [0, 0.05) is 23.9 Å². The zero-order valence-electron chi connectivity index (χ0n) is 17.3. The second kappa shape index (κ2) is 11.6. The van der Waals surface area contributed by atoms with E-state index < -0.39 is 0 Å². The van der Waals surface area contributed by atoms with E-state index in [1.54, 1.807) is 16.2 Å². The zero-order chi connectivity index (χ0) is 20.4. The molecule has 0 aliphatic rings. The second-order valence-corrected chi connectivity index (χ2v) is 8.23. The number of thiophene rings is 1. The van der Waals surface area contributed by atoms with Crippen molar-refractivity contribution in [1.29, 1.82) is 0 Å². The number of nitrogens with zero attached hydrogens (tertiary/aromatic N) is 2. The summed E-state index contributed by atoms with van der Waals surface area (Å²) < 4.78 is 0. The van der Waals surface area contributed by atoms with Crippen LogP contribution in [0.3, 0.4) is 0 Å². The third-order valence-electron chi connectivity index (χ3n) is 4.99. The molecule has 0 saturated heterocycles. The summed E-state index contributed by atoms with van der Waals surface area (Å²) in [5.41, 5.74) is 1.10. The summed E-state index contributed by atoms with van der Waals surface area (Å²) in [7, 11) is 0. The molecular formula is C23H32N2O2S. The quantitative estimate of drug-likeness (QED) is 0.527.